The Hall–Kier alpha value is -1.45. The summed E-state index contributed by atoms with van der Waals surface area (Å²) in [7, 11) is 1.84. The van der Waals surface area contributed by atoms with Gasteiger partial charge < -0.3 is 15.6 Å². The molecule has 1 amide bonds. The first-order valence-corrected chi connectivity index (χ1v) is 6.76. The van der Waals surface area contributed by atoms with E-state index in [1.807, 2.05) is 7.05 Å². The average molecular weight is 249 g/mol. The zero-order valence-electron chi connectivity index (χ0n) is 11.3. The van der Waals surface area contributed by atoms with E-state index in [1.54, 1.807) is 16.8 Å². The summed E-state index contributed by atoms with van der Waals surface area (Å²) < 4.78 is 1.77. The van der Waals surface area contributed by atoms with Crippen molar-refractivity contribution in [3.63, 3.8) is 0 Å². The molecule has 100 valence electrons. The number of aromatic nitrogens is 1. The molecule has 1 saturated carbocycles. The largest absolute Gasteiger partial charge is 0.397 e. The molecule has 1 aliphatic carbocycles. The van der Waals surface area contributed by atoms with Crippen LogP contribution >= 0.6 is 0 Å². The van der Waals surface area contributed by atoms with Gasteiger partial charge in [0, 0.05) is 19.8 Å². The van der Waals surface area contributed by atoms with Crippen molar-refractivity contribution >= 4 is 11.6 Å². The van der Waals surface area contributed by atoms with E-state index in [9.17, 15) is 4.79 Å². The first kappa shape index (κ1) is 13.0. The molecule has 2 unspecified atom stereocenters. The molecular weight excluding hydrogens is 226 g/mol. The molecule has 1 aliphatic rings. The van der Waals surface area contributed by atoms with E-state index < -0.39 is 0 Å². The van der Waals surface area contributed by atoms with Crippen LogP contribution in [-0.2, 0) is 7.05 Å². The molecule has 0 bridgehead atoms. The Kier molecular flexibility index (Phi) is 3.94. The average Bonchev–Trinajstić information content (AvgIpc) is 2.66. The lowest BCUT2D eigenvalue weighted by Crippen LogP contribution is -2.32. The van der Waals surface area contributed by atoms with Gasteiger partial charge in [-0.15, -0.1) is 0 Å². The normalized spacial score (nSPS) is 23.9. The van der Waals surface area contributed by atoms with Gasteiger partial charge in [0.1, 0.15) is 5.69 Å². The number of nitrogens with two attached hydrogens (primary N) is 1. The van der Waals surface area contributed by atoms with Gasteiger partial charge in [-0.1, -0.05) is 19.8 Å². The van der Waals surface area contributed by atoms with Crippen molar-refractivity contribution in [2.24, 2.45) is 18.9 Å². The highest BCUT2D eigenvalue weighted by atomic mass is 16.1. The third-order valence-electron chi connectivity index (χ3n) is 3.86. The highest BCUT2D eigenvalue weighted by molar-refractivity contribution is 5.93. The number of amides is 1. The van der Waals surface area contributed by atoms with Gasteiger partial charge in [-0.05, 0) is 30.7 Å². The number of anilines is 1. The minimum Gasteiger partial charge on any atom is -0.397 e. The summed E-state index contributed by atoms with van der Waals surface area (Å²) in [5.74, 6) is 1.41. The fourth-order valence-electron chi connectivity index (χ4n) is 2.89. The van der Waals surface area contributed by atoms with Crippen molar-refractivity contribution in [1.29, 1.82) is 0 Å². The Morgan fingerprint density at radius 2 is 2.33 bits per heavy atom. The quantitative estimate of drug-likeness (QED) is 0.862. The van der Waals surface area contributed by atoms with E-state index in [2.05, 4.69) is 12.2 Å². The number of carbonyl (C=O) groups excluding carboxylic acids is 1. The van der Waals surface area contributed by atoms with Crippen molar-refractivity contribution in [3.05, 3.63) is 18.0 Å². The minimum absolute atomic E-state index is 0.0209. The van der Waals surface area contributed by atoms with Crippen LogP contribution in [0.3, 0.4) is 0 Å². The second-order valence-corrected chi connectivity index (χ2v) is 5.62. The minimum atomic E-state index is -0.0209. The van der Waals surface area contributed by atoms with E-state index >= 15 is 0 Å². The summed E-state index contributed by atoms with van der Waals surface area (Å²) in [6.07, 6.45) is 6.85. The second-order valence-electron chi connectivity index (χ2n) is 5.62. The smallest absolute Gasteiger partial charge is 0.267 e. The van der Waals surface area contributed by atoms with Gasteiger partial charge in [0.2, 0.25) is 0 Å². The van der Waals surface area contributed by atoms with Gasteiger partial charge in [0.05, 0.1) is 5.69 Å². The first-order valence-electron chi connectivity index (χ1n) is 6.76. The van der Waals surface area contributed by atoms with Gasteiger partial charge in [0.25, 0.3) is 5.91 Å². The van der Waals surface area contributed by atoms with Crippen LogP contribution in [0.25, 0.3) is 0 Å². The lowest BCUT2D eigenvalue weighted by Gasteiger charge is -2.26. The maximum absolute atomic E-state index is 12.0. The summed E-state index contributed by atoms with van der Waals surface area (Å²) in [5.41, 5.74) is 6.94. The molecule has 4 heteroatoms. The van der Waals surface area contributed by atoms with Gasteiger partial charge in [0.15, 0.2) is 0 Å². The third-order valence-corrected chi connectivity index (χ3v) is 3.86. The number of hydrogen-bond donors (Lipinski definition) is 2. The van der Waals surface area contributed by atoms with Crippen LogP contribution in [0, 0.1) is 11.8 Å². The van der Waals surface area contributed by atoms with Crippen molar-refractivity contribution < 1.29 is 4.79 Å². The topological polar surface area (TPSA) is 60.1 Å². The zero-order valence-corrected chi connectivity index (χ0v) is 11.3. The Morgan fingerprint density at radius 1 is 1.56 bits per heavy atom. The lowest BCUT2D eigenvalue weighted by atomic mass is 9.82. The van der Waals surface area contributed by atoms with Crippen molar-refractivity contribution in [2.45, 2.75) is 32.6 Å². The van der Waals surface area contributed by atoms with Crippen molar-refractivity contribution in [2.75, 3.05) is 12.3 Å². The van der Waals surface area contributed by atoms with Gasteiger partial charge in [-0.2, -0.15) is 0 Å². The fraction of sp³-hybridized carbons (Fsp3) is 0.643. The molecule has 0 aromatic carbocycles. The molecule has 0 aliphatic heterocycles. The number of hydrogen-bond acceptors (Lipinski definition) is 2. The highest BCUT2D eigenvalue weighted by Gasteiger charge is 2.20. The van der Waals surface area contributed by atoms with Crippen molar-refractivity contribution in [1.82, 2.24) is 9.88 Å². The number of aryl methyl sites for hydroxylation is 1. The molecule has 3 N–H and O–H groups in total. The first-order chi connectivity index (χ1) is 8.56. The summed E-state index contributed by atoms with van der Waals surface area (Å²) in [5, 5.41) is 3.03. The SMILES string of the molecule is CC1CCCC(CNC(=O)c2cc(N)cn2C)C1. The van der Waals surface area contributed by atoms with Crippen LogP contribution < -0.4 is 11.1 Å². The number of nitrogens with zero attached hydrogens (tertiary/aromatic N) is 1. The molecule has 2 rings (SSSR count). The standard InChI is InChI=1S/C14H23N3O/c1-10-4-3-5-11(6-10)8-16-14(18)13-7-12(15)9-17(13)2/h7,9-11H,3-6,8,15H2,1-2H3,(H,16,18). The van der Waals surface area contributed by atoms with E-state index in [0.29, 0.717) is 17.3 Å². The van der Waals surface area contributed by atoms with Crippen LogP contribution in [0.5, 0.6) is 0 Å². The maximum Gasteiger partial charge on any atom is 0.267 e. The van der Waals surface area contributed by atoms with E-state index in [-0.39, 0.29) is 5.91 Å². The van der Waals surface area contributed by atoms with Gasteiger partial charge in [-0.25, -0.2) is 0 Å². The molecule has 0 spiro atoms. The molecular formula is C14H23N3O. The number of nitrogen functional groups attached to an aromatic ring is 1. The molecule has 18 heavy (non-hydrogen) atoms. The van der Waals surface area contributed by atoms with Crippen molar-refractivity contribution in [3.8, 4) is 0 Å². The van der Waals surface area contributed by atoms with Gasteiger partial charge in [-0.3, -0.25) is 4.79 Å². The fourth-order valence-corrected chi connectivity index (χ4v) is 2.89. The molecule has 1 heterocycles. The molecule has 1 aromatic rings. The lowest BCUT2D eigenvalue weighted by molar-refractivity contribution is 0.0932. The van der Waals surface area contributed by atoms with Crippen LogP contribution in [0.15, 0.2) is 12.3 Å². The summed E-state index contributed by atoms with van der Waals surface area (Å²) in [6.45, 7) is 3.08. The predicted octanol–water partition coefficient (Wildman–Crippen LogP) is 2.16. The van der Waals surface area contributed by atoms with Crippen LogP contribution in [-0.4, -0.2) is 17.0 Å². The maximum atomic E-state index is 12.0. The van der Waals surface area contributed by atoms with Crippen LogP contribution in [0.4, 0.5) is 5.69 Å². The second kappa shape index (κ2) is 5.46. The summed E-state index contributed by atoms with van der Waals surface area (Å²) in [4.78, 5) is 12.0. The Balaban J connectivity index is 1.86. The highest BCUT2D eigenvalue weighted by Crippen LogP contribution is 2.27. The van der Waals surface area contributed by atoms with E-state index in [4.69, 9.17) is 5.73 Å². The molecule has 4 nitrogen and oxygen atoms in total. The Morgan fingerprint density at radius 3 is 2.94 bits per heavy atom. The number of carbonyl (C=O) groups is 1. The molecule has 1 aromatic heterocycles. The predicted molar refractivity (Wildman–Crippen MR) is 73.3 cm³/mol. The Bertz CT molecular complexity index is 425. The summed E-state index contributed by atoms with van der Waals surface area (Å²) >= 11 is 0. The van der Waals surface area contributed by atoms with Crippen LogP contribution in [0.2, 0.25) is 0 Å². The van der Waals surface area contributed by atoms with Crippen LogP contribution in [0.1, 0.15) is 43.1 Å². The molecule has 0 saturated heterocycles. The van der Waals surface area contributed by atoms with Gasteiger partial charge >= 0.3 is 0 Å². The number of rotatable bonds is 3. The number of nitrogens with one attached hydrogen (secondary N) is 1. The molecule has 2 atom stereocenters. The Labute approximate surface area is 109 Å². The van der Waals surface area contributed by atoms with E-state index in [1.165, 1.54) is 25.7 Å². The molecule has 1 fully saturated rings. The monoisotopic (exact) mass is 249 g/mol. The summed E-state index contributed by atoms with van der Waals surface area (Å²) in [6, 6.07) is 1.72. The van der Waals surface area contributed by atoms with E-state index in [0.717, 1.165) is 12.5 Å². The molecule has 0 radical (unpaired) electrons. The zero-order chi connectivity index (χ0) is 13.1. The third kappa shape index (κ3) is 3.06.